The van der Waals surface area contributed by atoms with Crippen LogP contribution in [0.3, 0.4) is 0 Å². The van der Waals surface area contributed by atoms with Crippen LogP contribution in [0.15, 0.2) is 42.6 Å². The Morgan fingerprint density at radius 2 is 2.09 bits per heavy atom. The summed E-state index contributed by atoms with van der Waals surface area (Å²) >= 11 is 0. The van der Waals surface area contributed by atoms with Gasteiger partial charge in [0.05, 0.1) is 22.8 Å². The third-order valence-electron chi connectivity index (χ3n) is 3.85. The highest BCUT2D eigenvalue weighted by molar-refractivity contribution is 5.97. The summed E-state index contributed by atoms with van der Waals surface area (Å²) < 4.78 is 2.01. The van der Waals surface area contributed by atoms with E-state index in [4.69, 9.17) is 0 Å². The number of fused-ring (bicyclic) bond motifs is 1. The summed E-state index contributed by atoms with van der Waals surface area (Å²) in [4.78, 5) is 21.1. The smallest absolute Gasteiger partial charge is 0.251 e. The molecule has 0 aliphatic rings. The molecule has 0 aliphatic heterocycles. The summed E-state index contributed by atoms with van der Waals surface area (Å²) in [5.74, 6) is 0.803. The number of benzene rings is 1. The van der Waals surface area contributed by atoms with Crippen LogP contribution in [0.2, 0.25) is 0 Å². The molecule has 3 rings (SSSR count). The van der Waals surface area contributed by atoms with Crippen LogP contribution in [0.25, 0.3) is 11.0 Å². The normalized spacial score (nSPS) is 12.3. The van der Waals surface area contributed by atoms with Crippen LogP contribution in [-0.4, -0.2) is 20.4 Å². The second-order valence-corrected chi connectivity index (χ2v) is 5.37. The van der Waals surface area contributed by atoms with Crippen LogP contribution in [0.4, 0.5) is 0 Å². The number of nitrogens with zero attached hydrogens (tertiary/aromatic N) is 3. The summed E-state index contributed by atoms with van der Waals surface area (Å²) in [7, 11) is 1.97. The van der Waals surface area contributed by atoms with Gasteiger partial charge in [-0.15, -0.1) is 0 Å². The quantitative estimate of drug-likeness (QED) is 0.808. The highest BCUT2D eigenvalue weighted by Crippen LogP contribution is 2.17. The van der Waals surface area contributed by atoms with E-state index < -0.39 is 0 Å². The predicted octanol–water partition coefficient (Wildman–Crippen LogP) is 2.77. The first-order valence-electron chi connectivity index (χ1n) is 7.21. The maximum atomic E-state index is 12.4. The molecule has 3 aromatic rings. The average Bonchev–Trinajstić information content (AvgIpc) is 2.82. The van der Waals surface area contributed by atoms with E-state index in [0.717, 1.165) is 22.6 Å². The van der Waals surface area contributed by atoms with Gasteiger partial charge in [0.1, 0.15) is 5.82 Å². The highest BCUT2D eigenvalue weighted by atomic mass is 16.1. The maximum Gasteiger partial charge on any atom is 0.251 e. The van der Waals surface area contributed by atoms with E-state index in [2.05, 4.69) is 15.3 Å². The van der Waals surface area contributed by atoms with Crippen LogP contribution in [0.5, 0.6) is 0 Å². The van der Waals surface area contributed by atoms with Gasteiger partial charge in [0.15, 0.2) is 0 Å². The van der Waals surface area contributed by atoms with Gasteiger partial charge in [-0.2, -0.15) is 0 Å². The largest absolute Gasteiger partial charge is 0.344 e. The summed E-state index contributed by atoms with van der Waals surface area (Å²) in [6, 6.07) is 11.1. The lowest BCUT2D eigenvalue weighted by atomic mass is 10.1. The lowest BCUT2D eigenvalue weighted by Gasteiger charge is -2.13. The fraction of sp³-hybridized carbons (Fsp3) is 0.235. The number of carbonyl (C=O) groups excluding carboxylic acids is 1. The van der Waals surface area contributed by atoms with Gasteiger partial charge in [0, 0.05) is 18.8 Å². The monoisotopic (exact) mass is 294 g/mol. The molecule has 112 valence electrons. The van der Waals surface area contributed by atoms with Crippen molar-refractivity contribution in [1.82, 2.24) is 19.9 Å². The molecule has 0 saturated heterocycles. The van der Waals surface area contributed by atoms with Crippen molar-refractivity contribution in [2.75, 3.05) is 0 Å². The van der Waals surface area contributed by atoms with E-state index in [9.17, 15) is 4.79 Å². The van der Waals surface area contributed by atoms with Crippen LogP contribution >= 0.6 is 0 Å². The Morgan fingerprint density at radius 3 is 2.82 bits per heavy atom. The first-order chi connectivity index (χ1) is 10.6. The predicted molar refractivity (Wildman–Crippen MR) is 85.6 cm³/mol. The van der Waals surface area contributed by atoms with Crippen molar-refractivity contribution in [2.24, 2.45) is 7.05 Å². The Hall–Kier alpha value is -2.69. The molecular formula is C17H18N4O. The molecule has 1 atom stereocenters. The molecule has 0 fully saturated rings. The molecule has 22 heavy (non-hydrogen) atoms. The highest BCUT2D eigenvalue weighted by Gasteiger charge is 2.14. The fourth-order valence-corrected chi connectivity index (χ4v) is 2.45. The van der Waals surface area contributed by atoms with Crippen molar-refractivity contribution in [2.45, 2.75) is 19.9 Å². The van der Waals surface area contributed by atoms with Crippen molar-refractivity contribution in [3.8, 4) is 0 Å². The molecule has 5 nitrogen and oxygen atoms in total. The summed E-state index contributed by atoms with van der Waals surface area (Å²) in [6.07, 6.45) is 1.72. The van der Waals surface area contributed by atoms with E-state index in [1.807, 2.05) is 61.9 Å². The molecular weight excluding hydrogens is 276 g/mol. The van der Waals surface area contributed by atoms with Gasteiger partial charge in [0.25, 0.3) is 5.91 Å². The van der Waals surface area contributed by atoms with E-state index in [-0.39, 0.29) is 11.9 Å². The van der Waals surface area contributed by atoms with Crippen LogP contribution < -0.4 is 5.32 Å². The molecule has 2 heterocycles. The minimum absolute atomic E-state index is 0.122. The number of aromatic nitrogens is 3. The molecule has 0 bridgehead atoms. The first kappa shape index (κ1) is 14.3. The Labute approximate surface area is 129 Å². The van der Waals surface area contributed by atoms with Crippen molar-refractivity contribution in [3.05, 3.63) is 59.7 Å². The minimum atomic E-state index is -0.144. The van der Waals surface area contributed by atoms with Gasteiger partial charge >= 0.3 is 0 Å². The molecule has 1 unspecified atom stereocenters. The number of amides is 1. The van der Waals surface area contributed by atoms with Crippen LogP contribution in [0.1, 0.15) is 34.8 Å². The third kappa shape index (κ3) is 2.57. The van der Waals surface area contributed by atoms with Crippen molar-refractivity contribution >= 4 is 16.9 Å². The molecule has 1 amide bonds. The molecule has 5 heteroatoms. The van der Waals surface area contributed by atoms with Gasteiger partial charge in [-0.05, 0) is 44.2 Å². The molecule has 0 radical (unpaired) electrons. The topological polar surface area (TPSA) is 59.8 Å². The molecule has 0 spiro atoms. The van der Waals surface area contributed by atoms with E-state index in [0.29, 0.717) is 5.56 Å². The van der Waals surface area contributed by atoms with Crippen molar-refractivity contribution in [1.29, 1.82) is 0 Å². The molecule has 0 aliphatic carbocycles. The minimum Gasteiger partial charge on any atom is -0.344 e. The van der Waals surface area contributed by atoms with Gasteiger partial charge in [-0.3, -0.25) is 9.78 Å². The standard InChI is InChI=1S/C17H18N4O/c1-11(14-6-4-5-9-18-14)19-17(22)13-7-8-16-15(10-13)20-12(2)21(16)3/h4-11H,1-3H3,(H,19,22). The third-order valence-corrected chi connectivity index (χ3v) is 3.85. The van der Waals surface area contributed by atoms with Crippen LogP contribution in [-0.2, 0) is 7.05 Å². The number of rotatable bonds is 3. The van der Waals surface area contributed by atoms with Crippen molar-refractivity contribution in [3.63, 3.8) is 0 Å². The van der Waals surface area contributed by atoms with Gasteiger partial charge < -0.3 is 9.88 Å². The van der Waals surface area contributed by atoms with E-state index >= 15 is 0 Å². The lowest BCUT2D eigenvalue weighted by molar-refractivity contribution is 0.0939. The second kappa shape index (κ2) is 5.60. The first-order valence-corrected chi connectivity index (χ1v) is 7.21. The summed E-state index contributed by atoms with van der Waals surface area (Å²) in [5, 5.41) is 2.96. The fourth-order valence-electron chi connectivity index (χ4n) is 2.45. The number of imidazole rings is 1. The number of nitrogens with one attached hydrogen (secondary N) is 1. The zero-order valence-electron chi connectivity index (χ0n) is 12.9. The molecule has 1 aromatic carbocycles. The SMILES string of the molecule is Cc1nc2cc(C(=O)NC(C)c3ccccn3)ccc2n1C. The molecule has 1 N–H and O–H groups in total. The zero-order valence-corrected chi connectivity index (χ0v) is 12.9. The van der Waals surface area contributed by atoms with E-state index in [1.54, 1.807) is 6.20 Å². The summed E-state index contributed by atoms with van der Waals surface area (Å²) in [6.45, 7) is 3.87. The number of pyridine rings is 1. The summed E-state index contributed by atoms with van der Waals surface area (Å²) in [5.41, 5.74) is 3.30. The van der Waals surface area contributed by atoms with Gasteiger partial charge in [-0.25, -0.2) is 4.98 Å². The number of carbonyl (C=O) groups is 1. The second-order valence-electron chi connectivity index (χ2n) is 5.37. The van der Waals surface area contributed by atoms with Crippen molar-refractivity contribution < 1.29 is 4.79 Å². The van der Waals surface area contributed by atoms with Gasteiger partial charge in [0.2, 0.25) is 0 Å². The Bertz CT molecular complexity index is 823. The van der Waals surface area contributed by atoms with E-state index in [1.165, 1.54) is 0 Å². The average molecular weight is 294 g/mol. The number of hydrogen-bond donors (Lipinski definition) is 1. The Morgan fingerprint density at radius 1 is 1.27 bits per heavy atom. The number of hydrogen-bond acceptors (Lipinski definition) is 3. The van der Waals surface area contributed by atoms with Crippen LogP contribution in [0, 0.1) is 6.92 Å². The maximum absolute atomic E-state index is 12.4. The van der Waals surface area contributed by atoms with Gasteiger partial charge in [-0.1, -0.05) is 6.07 Å². The Balaban J connectivity index is 1.83. The molecule has 2 aromatic heterocycles. The zero-order chi connectivity index (χ0) is 15.7. The molecule has 0 saturated carbocycles. The Kier molecular flexibility index (Phi) is 3.63. The number of aryl methyl sites for hydroxylation is 2. The lowest BCUT2D eigenvalue weighted by Crippen LogP contribution is -2.27.